The van der Waals surface area contributed by atoms with Crippen LogP contribution >= 0.6 is 0 Å². The lowest BCUT2D eigenvalue weighted by molar-refractivity contribution is -0.120. The minimum Gasteiger partial charge on any atom is -0.482 e. The Hall–Kier alpha value is -3.08. The summed E-state index contributed by atoms with van der Waals surface area (Å²) in [5.74, 6) is 0.732. The summed E-state index contributed by atoms with van der Waals surface area (Å²) in [4.78, 5) is 14.3. The molecule has 1 saturated heterocycles. The van der Waals surface area contributed by atoms with Gasteiger partial charge in [-0.25, -0.2) is 0 Å². The minimum atomic E-state index is -2.96. The fourth-order valence-electron chi connectivity index (χ4n) is 6.09. The largest absolute Gasteiger partial charge is 0.482 e. The van der Waals surface area contributed by atoms with Crippen molar-refractivity contribution in [1.82, 2.24) is 15.0 Å². The van der Waals surface area contributed by atoms with Crippen molar-refractivity contribution in [2.45, 2.75) is 70.0 Å². The van der Waals surface area contributed by atoms with E-state index in [2.05, 4.69) is 29.4 Å². The monoisotopic (exact) mass is 552 g/mol. The Balaban J connectivity index is 1.22. The number of amides is 1. The van der Waals surface area contributed by atoms with Crippen molar-refractivity contribution in [3.8, 4) is 5.75 Å². The Kier molecular flexibility index (Phi) is 8.15. The molecule has 3 heterocycles. The molecular formula is C29H37FN4O4Si. The molecule has 5 rings (SSSR count). The van der Waals surface area contributed by atoms with Gasteiger partial charge in [0.15, 0.2) is 6.61 Å². The van der Waals surface area contributed by atoms with Gasteiger partial charge in [0.2, 0.25) is 8.41 Å². The number of ether oxygens (including phenoxy) is 2. The maximum absolute atomic E-state index is 15.5. The van der Waals surface area contributed by atoms with E-state index in [-0.39, 0.29) is 42.8 Å². The van der Waals surface area contributed by atoms with Crippen LogP contribution in [0.1, 0.15) is 31.0 Å². The Morgan fingerprint density at radius 2 is 1.85 bits per heavy atom. The number of rotatable bonds is 10. The van der Waals surface area contributed by atoms with Gasteiger partial charge in [0.1, 0.15) is 5.75 Å². The number of fused-ring (bicyclic) bond motifs is 1. The summed E-state index contributed by atoms with van der Waals surface area (Å²) in [6.45, 7) is 6.36. The van der Waals surface area contributed by atoms with Crippen LogP contribution in [0.15, 0.2) is 54.7 Å². The second kappa shape index (κ2) is 11.6. The highest BCUT2D eigenvalue weighted by atomic mass is 28.4. The third-order valence-electron chi connectivity index (χ3n) is 7.91. The molecule has 0 spiro atoms. The first kappa shape index (κ1) is 27.5. The molecule has 2 aromatic carbocycles. The summed E-state index contributed by atoms with van der Waals surface area (Å²) < 4.78 is 29.3. The molecule has 0 bridgehead atoms. The number of aliphatic hydroxyl groups excluding tert-OH is 1. The highest BCUT2D eigenvalue weighted by Gasteiger charge is 2.50. The van der Waals surface area contributed by atoms with Crippen molar-refractivity contribution in [2.24, 2.45) is 5.92 Å². The molecule has 0 aliphatic carbocycles. The van der Waals surface area contributed by atoms with Crippen molar-refractivity contribution in [2.75, 3.05) is 18.1 Å². The molecule has 0 saturated carbocycles. The van der Waals surface area contributed by atoms with Gasteiger partial charge >= 0.3 is 0 Å². The van der Waals surface area contributed by atoms with Crippen LogP contribution in [-0.2, 0) is 28.9 Å². The molecule has 208 valence electrons. The van der Waals surface area contributed by atoms with E-state index in [9.17, 15) is 4.79 Å². The molecule has 1 N–H and O–H groups in total. The molecule has 39 heavy (non-hydrogen) atoms. The number of hydrogen-bond donors (Lipinski definition) is 1. The Morgan fingerprint density at radius 1 is 1.08 bits per heavy atom. The summed E-state index contributed by atoms with van der Waals surface area (Å²) in [7, 11) is -2.96. The predicted molar refractivity (Wildman–Crippen MR) is 149 cm³/mol. The van der Waals surface area contributed by atoms with Crippen LogP contribution in [0.3, 0.4) is 0 Å². The SMILES string of the molecule is C[C@@H]1[C@@H]([Si](C)(C)F)[C@H](CCn2cc(CCO)nn2)O[C@@H]1CCc1ccc(N2C(=O)COc3ccccc32)cc1. The fraction of sp³-hybridized carbons (Fsp3) is 0.483. The lowest BCUT2D eigenvalue weighted by atomic mass is 9.95. The van der Waals surface area contributed by atoms with Gasteiger partial charge in [-0.1, -0.05) is 36.4 Å². The van der Waals surface area contributed by atoms with Crippen molar-refractivity contribution in [3.63, 3.8) is 0 Å². The number of aliphatic hydroxyl groups is 1. The highest BCUT2D eigenvalue weighted by molar-refractivity contribution is 6.72. The number of benzene rings is 2. The second-order valence-corrected chi connectivity index (χ2v) is 14.9. The van der Waals surface area contributed by atoms with Crippen molar-refractivity contribution in [3.05, 3.63) is 66.0 Å². The van der Waals surface area contributed by atoms with E-state index in [1.165, 1.54) is 0 Å². The van der Waals surface area contributed by atoms with Crippen LogP contribution in [0.25, 0.3) is 0 Å². The number of carbonyl (C=O) groups is 1. The average Bonchev–Trinajstić information content (AvgIpc) is 3.50. The number of aromatic nitrogens is 3. The van der Waals surface area contributed by atoms with Gasteiger partial charge in [0, 0.05) is 37.0 Å². The van der Waals surface area contributed by atoms with Crippen LogP contribution in [0, 0.1) is 5.92 Å². The van der Waals surface area contributed by atoms with Crippen LogP contribution < -0.4 is 9.64 Å². The van der Waals surface area contributed by atoms with Crippen molar-refractivity contribution in [1.29, 1.82) is 0 Å². The van der Waals surface area contributed by atoms with Crippen molar-refractivity contribution >= 4 is 25.7 Å². The van der Waals surface area contributed by atoms with Crippen LogP contribution in [0.4, 0.5) is 15.5 Å². The number of carbonyl (C=O) groups excluding carboxylic acids is 1. The summed E-state index contributed by atoms with van der Waals surface area (Å²) in [5, 5.41) is 17.3. The lowest BCUT2D eigenvalue weighted by Gasteiger charge is -2.29. The zero-order valence-corrected chi connectivity index (χ0v) is 23.8. The zero-order chi connectivity index (χ0) is 27.6. The number of nitrogens with zero attached hydrogens (tertiary/aromatic N) is 4. The number of hydrogen-bond acceptors (Lipinski definition) is 6. The smallest absolute Gasteiger partial charge is 0.269 e. The summed E-state index contributed by atoms with van der Waals surface area (Å²) in [6, 6.07) is 15.6. The van der Waals surface area contributed by atoms with Crippen LogP contribution in [0.2, 0.25) is 18.6 Å². The zero-order valence-electron chi connectivity index (χ0n) is 22.8. The predicted octanol–water partition coefficient (Wildman–Crippen LogP) is 4.84. The molecule has 2 aliphatic heterocycles. The maximum atomic E-state index is 15.5. The Labute approximate surface area is 229 Å². The van der Waals surface area contributed by atoms with E-state index in [0.29, 0.717) is 25.1 Å². The van der Waals surface area contributed by atoms with E-state index < -0.39 is 8.41 Å². The lowest BCUT2D eigenvalue weighted by Crippen LogP contribution is -2.36. The van der Waals surface area contributed by atoms with Gasteiger partial charge < -0.3 is 18.7 Å². The fourth-order valence-corrected chi connectivity index (χ4v) is 8.69. The molecule has 8 nitrogen and oxygen atoms in total. The van der Waals surface area contributed by atoms with E-state index in [0.717, 1.165) is 35.5 Å². The van der Waals surface area contributed by atoms with Gasteiger partial charge in [0.25, 0.3) is 5.91 Å². The average molecular weight is 553 g/mol. The Bertz CT molecular complexity index is 1280. The van der Waals surface area contributed by atoms with Gasteiger partial charge in [-0.3, -0.25) is 14.4 Å². The molecule has 3 aromatic rings. The Morgan fingerprint density at radius 3 is 2.59 bits per heavy atom. The second-order valence-electron chi connectivity index (χ2n) is 11.1. The molecule has 0 radical (unpaired) electrons. The summed E-state index contributed by atoms with van der Waals surface area (Å²) >= 11 is 0. The standard InChI is InChI=1S/C29H37FN4O4Si/c1-20-25(38-27(29(20)39(2,3)30)14-16-33-18-22(15-17-35)31-32-33)13-10-21-8-11-23(12-9-21)34-24-6-4-5-7-26(24)37-19-28(34)36/h4-9,11-12,18,20,25,27,29,35H,10,13-17,19H2,1-3H3/t20-,25+,27-,29+/m0/s1. The van der Waals surface area contributed by atoms with Crippen LogP contribution in [-0.4, -0.2) is 59.8 Å². The van der Waals surface area contributed by atoms with Crippen molar-refractivity contribution < 1.29 is 23.5 Å². The van der Waals surface area contributed by atoms with E-state index in [4.69, 9.17) is 14.6 Å². The summed E-state index contributed by atoms with van der Waals surface area (Å²) in [5.41, 5.74) is 3.38. The third kappa shape index (κ3) is 6.07. The number of para-hydroxylation sites is 2. The summed E-state index contributed by atoms with van der Waals surface area (Å²) in [6.07, 6.45) is 4.44. The molecule has 10 heteroatoms. The van der Waals surface area contributed by atoms with E-state index in [1.54, 1.807) is 22.7 Å². The highest BCUT2D eigenvalue weighted by Crippen LogP contribution is 2.47. The molecule has 1 fully saturated rings. The van der Waals surface area contributed by atoms with Gasteiger partial charge in [-0.05, 0) is 68.1 Å². The number of aryl methyl sites for hydroxylation is 2. The third-order valence-corrected chi connectivity index (χ3v) is 10.4. The molecular weight excluding hydrogens is 515 g/mol. The molecule has 2 aliphatic rings. The van der Waals surface area contributed by atoms with Gasteiger partial charge in [0.05, 0.1) is 23.6 Å². The normalized spacial score (nSPS) is 23.1. The number of halogens is 1. The minimum absolute atomic E-state index is 0.0180. The number of anilines is 2. The first-order chi connectivity index (χ1) is 18.7. The molecule has 4 atom stereocenters. The molecule has 1 aromatic heterocycles. The van der Waals surface area contributed by atoms with Crippen LogP contribution in [0.5, 0.6) is 5.75 Å². The quantitative estimate of drug-likeness (QED) is 0.286. The first-order valence-corrected chi connectivity index (χ1v) is 16.7. The first-order valence-electron chi connectivity index (χ1n) is 13.7. The maximum Gasteiger partial charge on any atom is 0.269 e. The topological polar surface area (TPSA) is 89.7 Å². The molecule has 0 unspecified atom stereocenters. The van der Waals surface area contributed by atoms with Gasteiger partial charge in [-0.15, -0.1) is 5.10 Å². The molecule has 1 amide bonds. The van der Waals surface area contributed by atoms with Gasteiger partial charge in [-0.2, -0.15) is 0 Å². The van der Waals surface area contributed by atoms with E-state index in [1.807, 2.05) is 42.6 Å². The van der Waals surface area contributed by atoms with E-state index >= 15 is 4.11 Å².